The maximum Gasteiger partial charge on any atom is 0.284 e. The van der Waals surface area contributed by atoms with Crippen LogP contribution in [0.15, 0.2) is 0 Å². The molecular weight excluding hydrogens is 286 g/mol. The highest BCUT2D eigenvalue weighted by Crippen LogP contribution is 2.29. The Morgan fingerprint density at radius 3 is 2.95 bits per heavy atom. The van der Waals surface area contributed by atoms with Crippen LogP contribution >= 0.6 is 11.3 Å². The Labute approximate surface area is 129 Å². The summed E-state index contributed by atoms with van der Waals surface area (Å²) in [6, 6.07) is 1.15. The van der Waals surface area contributed by atoms with Gasteiger partial charge in [-0.2, -0.15) is 0 Å². The van der Waals surface area contributed by atoms with E-state index in [-0.39, 0.29) is 5.91 Å². The van der Waals surface area contributed by atoms with Crippen LogP contribution in [-0.4, -0.2) is 64.7 Å². The van der Waals surface area contributed by atoms with Crippen molar-refractivity contribution in [1.82, 2.24) is 20.0 Å². The molecule has 0 aliphatic carbocycles. The fourth-order valence-corrected chi connectivity index (χ4v) is 3.98. The van der Waals surface area contributed by atoms with E-state index >= 15 is 0 Å². The number of hydrogen-bond acceptors (Lipinski definition) is 6. The lowest BCUT2D eigenvalue weighted by Crippen LogP contribution is -2.39. The van der Waals surface area contributed by atoms with E-state index in [1.165, 1.54) is 24.2 Å². The molecule has 1 amide bonds. The van der Waals surface area contributed by atoms with Gasteiger partial charge in [0.2, 0.25) is 10.1 Å². The second-order valence-electron chi connectivity index (χ2n) is 5.93. The van der Waals surface area contributed by atoms with Crippen molar-refractivity contribution in [1.29, 1.82) is 0 Å². The number of anilines is 1. The average Bonchev–Trinajstić information content (AvgIpc) is 3.02. The van der Waals surface area contributed by atoms with Gasteiger partial charge in [-0.25, -0.2) is 0 Å². The van der Waals surface area contributed by atoms with Gasteiger partial charge in [0.25, 0.3) is 5.91 Å². The first kappa shape index (κ1) is 14.7. The number of amides is 1. The molecule has 2 bridgehead atoms. The second-order valence-corrected chi connectivity index (χ2v) is 6.91. The fourth-order valence-electron chi connectivity index (χ4n) is 3.24. The monoisotopic (exact) mass is 309 g/mol. The van der Waals surface area contributed by atoms with E-state index in [2.05, 4.69) is 34.4 Å². The molecule has 0 aromatic carbocycles. The second kappa shape index (κ2) is 6.27. The number of carbonyl (C=O) groups excluding carboxylic acids is 1. The summed E-state index contributed by atoms with van der Waals surface area (Å²) in [7, 11) is 2.19. The minimum absolute atomic E-state index is 0.0398. The van der Waals surface area contributed by atoms with Crippen LogP contribution < -0.4 is 5.32 Å². The van der Waals surface area contributed by atoms with Gasteiger partial charge in [0.15, 0.2) is 0 Å². The van der Waals surface area contributed by atoms with E-state index in [0.717, 1.165) is 37.6 Å². The van der Waals surface area contributed by atoms with Gasteiger partial charge in [-0.3, -0.25) is 9.69 Å². The summed E-state index contributed by atoms with van der Waals surface area (Å²) in [5.74, 6) is 0.0398. The molecule has 2 aliphatic rings. The highest BCUT2D eigenvalue weighted by atomic mass is 32.1. The number of carbonyl (C=O) groups is 1. The summed E-state index contributed by atoms with van der Waals surface area (Å²) in [4.78, 5) is 17.0. The van der Waals surface area contributed by atoms with Crippen LogP contribution in [0.1, 0.15) is 42.4 Å². The number of hydrogen-bond donors (Lipinski definition) is 1. The Morgan fingerprint density at radius 1 is 1.33 bits per heavy atom. The van der Waals surface area contributed by atoms with E-state index in [4.69, 9.17) is 0 Å². The number of likely N-dealkylation sites (N-methyl/N-ethyl adjacent to an activating group) is 1. The summed E-state index contributed by atoms with van der Waals surface area (Å²) < 4.78 is 0. The predicted octanol–water partition coefficient (Wildman–Crippen LogP) is 1.67. The Kier molecular flexibility index (Phi) is 4.40. The van der Waals surface area contributed by atoms with Crippen molar-refractivity contribution >= 4 is 22.4 Å². The van der Waals surface area contributed by atoms with E-state index in [9.17, 15) is 4.79 Å². The molecule has 0 saturated carbocycles. The highest BCUT2D eigenvalue weighted by Gasteiger charge is 2.36. The molecule has 3 heterocycles. The third-order valence-electron chi connectivity index (χ3n) is 4.57. The van der Waals surface area contributed by atoms with Crippen LogP contribution in [0.25, 0.3) is 0 Å². The standard InChI is InChI=1S/C14H23N5OS/c1-3-7-15-14-17-16-12(21-14)13(20)19-8-6-10-4-5-11(9-19)18(10)2/h10-11H,3-9H2,1-2H3,(H,15,17). The number of nitrogens with zero attached hydrogens (tertiary/aromatic N) is 4. The van der Waals surface area contributed by atoms with Crippen LogP contribution in [0, 0.1) is 0 Å². The predicted molar refractivity (Wildman–Crippen MR) is 83.8 cm³/mol. The van der Waals surface area contributed by atoms with Crippen LogP contribution in [0.3, 0.4) is 0 Å². The quantitative estimate of drug-likeness (QED) is 0.917. The van der Waals surface area contributed by atoms with Crippen molar-refractivity contribution in [3.63, 3.8) is 0 Å². The minimum Gasteiger partial charge on any atom is -0.360 e. The molecular formula is C14H23N5OS. The Morgan fingerprint density at radius 2 is 2.14 bits per heavy atom. The molecule has 0 spiro atoms. The van der Waals surface area contributed by atoms with Gasteiger partial charge in [-0.15, -0.1) is 10.2 Å². The number of likely N-dealkylation sites (tertiary alicyclic amines) is 1. The molecule has 2 fully saturated rings. The third-order valence-corrected chi connectivity index (χ3v) is 5.44. The number of rotatable bonds is 4. The normalized spacial score (nSPS) is 25.9. The van der Waals surface area contributed by atoms with Gasteiger partial charge in [-0.1, -0.05) is 18.3 Å². The third kappa shape index (κ3) is 3.03. The van der Waals surface area contributed by atoms with Gasteiger partial charge < -0.3 is 10.2 Å². The molecule has 0 radical (unpaired) electrons. The first-order valence-electron chi connectivity index (χ1n) is 7.77. The van der Waals surface area contributed by atoms with Crippen molar-refractivity contribution in [3.8, 4) is 0 Å². The first-order chi connectivity index (χ1) is 10.2. The molecule has 6 nitrogen and oxygen atoms in total. The molecule has 1 aromatic heterocycles. The van der Waals surface area contributed by atoms with Gasteiger partial charge in [0, 0.05) is 31.7 Å². The zero-order valence-corrected chi connectivity index (χ0v) is 13.5. The number of aromatic nitrogens is 2. The van der Waals surface area contributed by atoms with Crippen molar-refractivity contribution < 1.29 is 4.79 Å². The molecule has 3 rings (SSSR count). The number of nitrogens with one attached hydrogen (secondary N) is 1. The van der Waals surface area contributed by atoms with Crippen molar-refractivity contribution in [2.75, 3.05) is 32.0 Å². The van der Waals surface area contributed by atoms with E-state index in [1.54, 1.807) is 0 Å². The average molecular weight is 309 g/mol. The van der Waals surface area contributed by atoms with Gasteiger partial charge >= 0.3 is 0 Å². The van der Waals surface area contributed by atoms with Gasteiger partial charge in [0.05, 0.1) is 0 Å². The molecule has 116 valence electrons. The fraction of sp³-hybridized carbons (Fsp3) is 0.786. The maximum atomic E-state index is 12.6. The Balaban J connectivity index is 1.66. The SMILES string of the molecule is CCCNc1nnc(C(=O)N2CCC3CCC(C2)N3C)s1. The topological polar surface area (TPSA) is 61.4 Å². The van der Waals surface area contributed by atoms with E-state index < -0.39 is 0 Å². The van der Waals surface area contributed by atoms with Crippen molar-refractivity contribution in [2.45, 2.75) is 44.7 Å². The highest BCUT2D eigenvalue weighted by molar-refractivity contribution is 7.17. The zero-order chi connectivity index (χ0) is 14.8. The molecule has 2 unspecified atom stereocenters. The largest absolute Gasteiger partial charge is 0.360 e. The number of fused-ring (bicyclic) bond motifs is 2. The molecule has 1 aromatic rings. The zero-order valence-electron chi connectivity index (χ0n) is 12.7. The summed E-state index contributed by atoms with van der Waals surface area (Å²) in [5.41, 5.74) is 0. The van der Waals surface area contributed by atoms with Crippen molar-refractivity contribution in [2.24, 2.45) is 0 Å². The first-order valence-corrected chi connectivity index (χ1v) is 8.59. The van der Waals surface area contributed by atoms with Crippen LogP contribution in [0.4, 0.5) is 5.13 Å². The Bertz CT molecular complexity index is 505. The summed E-state index contributed by atoms with van der Waals surface area (Å²) in [5, 5.41) is 12.5. The lowest BCUT2D eigenvalue weighted by atomic mass is 10.1. The van der Waals surface area contributed by atoms with Gasteiger partial charge in [-0.05, 0) is 32.7 Å². The molecule has 1 N–H and O–H groups in total. The van der Waals surface area contributed by atoms with Crippen LogP contribution in [-0.2, 0) is 0 Å². The minimum atomic E-state index is 0.0398. The van der Waals surface area contributed by atoms with Crippen LogP contribution in [0.5, 0.6) is 0 Å². The molecule has 7 heteroatoms. The Hall–Kier alpha value is -1.21. The van der Waals surface area contributed by atoms with Gasteiger partial charge in [0.1, 0.15) is 0 Å². The van der Waals surface area contributed by atoms with Crippen molar-refractivity contribution in [3.05, 3.63) is 5.01 Å². The summed E-state index contributed by atoms with van der Waals surface area (Å²) in [6.45, 7) is 4.62. The molecule has 2 aliphatic heterocycles. The molecule has 21 heavy (non-hydrogen) atoms. The maximum absolute atomic E-state index is 12.6. The summed E-state index contributed by atoms with van der Waals surface area (Å²) >= 11 is 1.36. The van der Waals surface area contributed by atoms with E-state index in [1.807, 2.05) is 4.90 Å². The van der Waals surface area contributed by atoms with E-state index in [0.29, 0.717) is 17.1 Å². The van der Waals surface area contributed by atoms with Crippen LogP contribution in [0.2, 0.25) is 0 Å². The lowest BCUT2D eigenvalue weighted by molar-refractivity contribution is 0.0739. The molecule has 2 saturated heterocycles. The molecule has 2 atom stereocenters. The lowest BCUT2D eigenvalue weighted by Gasteiger charge is -2.24. The smallest absolute Gasteiger partial charge is 0.284 e. The summed E-state index contributed by atoms with van der Waals surface area (Å²) in [6.07, 6.45) is 4.57.